The van der Waals surface area contributed by atoms with Crippen LogP contribution in [-0.4, -0.2) is 52.9 Å². The quantitative estimate of drug-likeness (QED) is 0.165. The average molecular weight is 526 g/mol. The number of unbranched alkanes of at least 4 members (excludes halogenated alkanes) is 1. The first-order valence-corrected chi connectivity index (χ1v) is 12.3. The number of carboxylic acid groups (broad SMARTS) is 1. The number of aliphatic hydroxyl groups excluding tert-OH is 1. The number of amides is 1. The van der Waals surface area contributed by atoms with Crippen molar-refractivity contribution in [3.63, 3.8) is 0 Å². The number of aliphatic carboxylic acids is 1. The number of carbonyl (C=O) groups is 1. The molecule has 208 valence electrons. The van der Waals surface area contributed by atoms with Gasteiger partial charge in [-0.15, -0.1) is 0 Å². The third-order valence-electron chi connectivity index (χ3n) is 4.80. The molecule has 0 radical (unpaired) electrons. The predicted molar refractivity (Wildman–Crippen MR) is 148 cm³/mol. The molecule has 2 aromatic rings. The third kappa shape index (κ3) is 21.6. The fourth-order valence-corrected chi connectivity index (χ4v) is 2.78. The maximum atomic E-state index is 10.0. The fraction of sp³-hybridized carbons (Fsp3) is 0.379. The summed E-state index contributed by atoms with van der Waals surface area (Å²) < 4.78 is 5.09. The van der Waals surface area contributed by atoms with Crippen LogP contribution in [0.1, 0.15) is 43.4 Å². The normalized spacial score (nSPS) is 12.1. The van der Waals surface area contributed by atoms with Crippen molar-refractivity contribution in [2.45, 2.75) is 57.1 Å². The number of aryl methyl sites for hydroxylation is 2. The Labute approximate surface area is 259 Å². The SMILES string of the molecule is [CH2-]CCCc1ccc2c(n1)NCCC2.[CH2-]COc1ccccc1.[CH2-]C[C@@H]([CH2-])O.[CH2-]C[C@H](N[C-]=O)C(=O)O.[Li+].[Li+]. The van der Waals surface area contributed by atoms with E-state index in [9.17, 15) is 9.59 Å². The van der Waals surface area contributed by atoms with Gasteiger partial charge in [0.1, 0.15) is 11.6 Å². The number of nitrogens with zero attached hydrogens (tertiary/aromatic N) is 1. The van der Waals surface area contributed by atoms with E-state index >= 15 is 0 Å². The Morgan fingerprint density at radius 1 is 1.10 bits per heavy atom. The van der Waals surface area contributed by atoms with Crippen molar-refractivity contribution in [3.8, 4) is 5.75 Å². The van der Waals surface area contributed by atoms with E-state index in [1.165, 1.54) is 30.5 Å². The van der Waals surface area contributed by atoms with Gasteiger partial charge in [-0.3, -0.25) is 4.79 Å². The van der Waals surface area contributed by atoms with E-state index in [4.69, 9.17) is 14.9 Å². The van der Waals surface area contributed by atoms with Crippen molar-refractivity contribution in [2.24, 2.45) is 0 Å². The minimum Gasteiger partial charge on any atom is -0.525 e. The molecule has 2 atom stereocenters. The molecule has 10 heteroatoms. The number of aliphatic hydroxyl groups is 1. The van der Waals surface area contributed by atoms with Gasteiger partial charge in [0.05, 0.1) is 6.04 Å². The molecule has 1 aliphatic heterocycles. The predicted octanol–water partition coefficient (Wildman–Crippen LogP) is -1.77. The first kappa shape index (κ1) is 41.5. The van der Waals surface area contributed by atoms with Crippen LogP contribution in [-0.2, 0) is 22.4 Å². The number of nitrogens with one attached hydrogen (secondary N) is 2. The summed E-state index contributed by atoms with van der Waals surface area (Å²) in [5.74, 6) is 0.902. The van der Waals surface area contributed by atoms with E-state index < -0.39 is 18.1 Å². The van der Waals surface area contributed by atoms with E-state index in [1.807, 2.05) is 35.6 Å². The molecule has 0 saturated carbocycles. The number of ether oxygens (including phenoxy) is 1. The summed E-state index contributed by atoms with van der Waals surface area (Å²) in [5.41, 5.74) is 2.57. The topological polar surface area (TPSA) is 121 Å². The molecule has 0 bridgehead atoms. The number of carbonyl (C=O) groups excluding carboxylic acids is 1. The van der Waals surface area contributed by atoms with Gasteiger partial charge in [-0.05, 0) is 49.6 Å². The molecule has 0 aliphatic carbocycles. The summed E-state index contributed by atoms with van der Waals surface area (Å²) in [4.78, 5) is 24.2. The molecule has 8 nitrogen and oxygen atoms in total. The van der Waals surface area contributed by atoms with E-state index in [0.717, 1.165) is 37.4 Å². The number of hydrogen-bond acceptors (Lipinski definition) is 6. The van der Waals surface area contributed by atoms with Crippen molar-refractivity contribution >= 4 is 18.2 Å². The molecule has 0 unspecified atom stereocenters. The fourth-order valence-electron chi connectivity index (χ4n) is 2.78. The molecular formula is C29H41Li2N3O5-4. The molecule has 1 aromatic heterocycles. The van der Waals surface area contributed by atoms with E-state index in [-0.39, 0.29) is 44.1 Å². The Hall–Kier alpha value is -1.94. The first-order chi connectivity index (χ1) is 17.8. The minimum atomic E-state index is -1.09. The van der Waals surface area contributed by atoms with Gasteiger partial charge in [-0.25, -0.2) is 4.98 Å². The summed E-state index contributed by atoms with van der Waals surface area (Å²) in [6.07, 6.45) is 7.01. The van der Waals surface area contributed by atoms with Gasteiger partial charge < -0.3 is 65.0 Å². The molecule has 4 N–H and O–H groups in total. The van der Waals surface area contributed by atoms with Crippen LogP contribution < -0.4 is 53.1 Å². The summed E-state index contributed by atoms with van der Waals surface area (Å²) >= 11 is 0. The smallest absolute Gasteiger partial charge is 0.525 e. The zero-order valence-electron chi connectivity index (χ0n) is 23.7. The number of rotatable bonds is 10. The second kappa shape index (κ2) is 27.6. The van der Waals surface area contributed by atoms with Gasteiger partial charge in [0.2, 0.25) is 0 Å². The second-order valence-electron chi connectivity index (χ2n) is 7.83. The Kier molecular flexibility index (Phi) is 29.4. The Balaban J connectivity index is -0.000000462. The van der Waals surface area contributed by atoms with E-state index in [0.29, 0.717) is 13.0 Å². The van der Waals surface area contributed by atoms with Crippen LogP contribution in [0.2, 0.25) is 0 Å². The molecular weight excluding hydrogens is 484 g/mol. The van der Waals surface area contributed by atoms with Crippen LogP contribution in [0.4, 0.5) is 5.82 Å². The first-order valence-electron chi connectivity index (χ1n) is 12.3. The van der Waals surface area contributed by atoms with Gasteiger partial charge in [-0.1, -0.05) is 36.8 Å². The summed E-state index contributed by atoms with van der Waals surface area (Å²) in [6.45, 7) is 18.9. The van der Waals surface area contributed by atoms with E-state index in [1.54, 1.807) is 0 Å². The number of para-hydroxylation sites is 1. The van der Waals surface area contributed by atoms with Crippen LogP contribution in [0.5, 0.6) is 5.75 Å². The van der Waals surface area contributed by atoms with Crippen molar-refractivity contribution in [3.05, 3.63) is 88.3 Å². The number of benzene rings is 1. The number of hydrogen-bond donors (Lipinski definition) is 4. The van der Waals surface area contributed by atoms with Crippen LogP contribution in [0.3, 0.4) is 0 Å². The molecule has 0 fully saturated rings. The molecule has 1 amide bonds. The number of pyridine rings is 1. The zero-order valence-corrected chi connectivity index (χ0v) is 23.7. The van der Waals surface area contributed by atoms with Crippen molar-refractivity contribution in [2.75, 3.05) is 18.5 Å². The van der Waals surface area contributed by atoms with Gasteiger partial charge in [0.15, 0.2) is 0 Å². The molecule has 0 spiro atoms. The largest absolute Gasteiger partial charge is 1.00 e. The maximum absolute atomic E-state index is 10.0. The van der Waals surface area contributed by atoms with Crippen LogP contribution in [0.25, 0.3) is 0 Å². The van der Waals surface area contributed by atoms with Crippen LogP contribution in [0.15, 0.2) is 42.5 Å². The minimum absolute atomic E-state index is 0. The van der Waals surface area contributed by atoms with Crippen LogP contribution >= 0.6 is 0 Å². The van der Waals surface area contributed by atoms with E-state index in [2.05, 4.69) is 57.1 Å². The maximum Gasteiger partial charge on any atom is 1.00 e. The Bertz CT molecular complexity index is 858. The number of aromatic nitrogens is 1. The number of carboxylic acids is 1. The molecule has 39 heavy (non-hydrogen) atoms. The summed E-state index contributed by atoms with van der Waals surface area (Å²) in [5, 5.41) is 21.7. The van der Waals surface area contributed by atoms with Crippen molar-refractivity contribution in [1.82, 2.24) is 10.3 Å². The van der Waals surface area contributed by atoms with Crippen LogP contribution in [0, 0.1) is 34.6 Å². The Morgan fingerprint density at radius 2 is 1.74 bits per heavy atom. The zero-order chi connectivity index (χ0) is 27.9. The molecule has 2 heterocycles. The Morgan fingerprint density at radius 3 is 2.21 bits per heavy atom. The van der Waals surface area contributed by atoms with Gasteiger partial charge in [0, 0.05) is 12.2 Å². The van der Waals surface area contributed by atoms with Gasteiger partial charge in [-0.2, -0.15) is 25.7 Å². The van der Waals surface area contributed by atoms with Crippen molar-refractivity contribution in [1.29, 1.82) is 0 Å². The molecule has 1 aliphatic rings. The third-order valence-corrected chi connectivity index (χ3v) is 4.80. The number of fused-ring (bicyclic) bond motifs is 1. The standard InChI is InChI=1S/C12H17N2.C8H9O.C5H7NO3.C4H8O.2Li/c1-2-3-6-11-8-7-10-5-4-9-13-12(10)14-11;1-2-9-8-6-4-3-5-7-8;1-2-4(5(8)9)6-3-7;1-3-4(2)5;;/h7-8H,1-6,9H2,(H,13,14);3-7H,1-2H2;4H,1-2H2,(H,6,7)(H,8,9);4-5H,1-3H2;;/q2*-1;2*-2;2*+1/t;;2*4-;;/m..01../s1. The molecule has 0 saturated heterocycles. The molecule has 3 rings (SSSR count). The van der Waals surface area contributed by atoms with Crippen molar-refractivity contribution < 1.29 is 62.3 Å². The van der Waals surface area contributed by atoms with Gasteiger partial charge >= 0.3 is 43.7 Å². The summed E-state index contributed by atoms with van der Waals surface area (Å²) in [7, 11) is 0. The summed E-state index contributed by atoms with van der Waals surface area (Å²) in [6, 6.07) is 13.1. The monoisotopic (exact) mass is 525 g/mol. The molecule has 1 aromatic carbocycles. The number of anilines is 1. The van der Waals surface area contributed by atoms with Gasteiger partial charge in [0.25, 0.3) is 0 Å². The second-order valence-corrected chi connectivity index (χ2v) is 7.83. The average Bonchev–Trinajstić information content (AvgIpc) is 2.92.